The predicted molar refractivity (Wildman–Crippen MR) is 298 cm³/mol. The van der Waals surface area contributed by atoms with Crippen LogP contribution in [0.5, 0.6) is 0 Å². The molecule has 3 N–H and O–H groups in total. The van der Waals surface area contributed by atoms with Gasteiger partial charge in [0.1, 0.15) is 0 Å². The summed E-state index contributed by atoms with van der Waals surface area (Å²) in [7, 11) is 0. The van der Waals surface area contributed by atoms with Crippen molar-refractivity contribution in [3.05, 3.63) is 248 Å². The molecule has 13 rings (SSSR count). The van der Waals surface area contributed by atoms with Gasteiger partial charge in [-0.2, -0.15) is 4.99 Å². The van der Waals surface area contributed by atoms with Gasteiger partial charge in [-0.15, -0.1) is 0 Å². The minimum atomic E-state index is 0.0585. The van der Waals surface area contributed by atoms with E-state index in [-0.39, 0.29) is 5.96 Å². The molecule has 0 unspecified atom stereocenters. The van der Waals surface area contributed by atoms with Crippen molar-refractivity contribution in [3.63, 3.8) is 0 Å². The van der Waals surface area contributed by atoms with E-state index in [1.165, 1.54) is 0 Å². The van der Waals surface area contributed by atoms with E-state index in [1.807, 2.05) is 47.2 Å². The van der Waals surface area contributed by atoms with E-state index in [1.54, 1.807) is 0 Å². The Balaban J connectivity index is 0.957. The van der Waals surface area contributed by atoms with Crippen molar-refractivity contribution in [1.82, 2.24) is 13.7 Å². The Bertz CT molecular complexity index is 4250. The molecule has 71 heavy (non-hydrogen) atoms. The molecule has 0 atom stereocenters. The number of benzene rings is 10. The van der Waals surface area contributed by atoms with Crippen LogP contribution in [0.25, 0.3) is 99.0 Å². The maximum Gasteiger partial charge on any atom is 0.229 e. The standard InChI is InChI=1S/C64H45N7/c65-59-52(36-37-53-49-26-12-15-29-56(49)69(60(53)59)46-21-6-2-7-22-46)48-25-11-10-20-44(48)40-41-67-63(45-34-32-43(33-35-45)42-18-4-1-5-19-42)68-64(66)71-58-31-17-14-28-51(58)55-39-38-54-50-27-13-16-30-57(50)70(61(54)62(55)71)47-23-8-3-9-24-47/h1-39,41,66H,40,65H2. The van der Waals surface area contributed by atoms with Crippen LogP contribution in [0.2, 0.25) is 0 Å². The average Bonchev–Trinajstić information content (AvgIpc) is 4.09. The average molecular weight is 912 g/mol. The van der Waals surface area contributed by atoms with Gasteiger partial charge in [0.2, 0.25) is 5.96 Å². The third-order valence-corrected chi connectivity index (χ3v) is 13.9. The predicted octanol–water partition coefficient (Wildman–Crippen LogP) is 15.4. The fraction of sp³-hybridized carbons (Fsp3) is 0.0156. The van der Waals surface area contributed by atoms with Gasteiger partial charge >= 0.3 is 0 Å². The molecule has 0 fully saturated rings. The molecule has 13 aromatic rings. The zero-order valence-electron chi connectivity index (χ0n) is 38.6. The number of nitrogen functional groups attached to an aromatic ring is 1. The first-order valence-corrected chi connectivity index (χ1v) is 23.9. The van der Waals surface area contributed by atoms with Gasteiger partial charge in [0.25, 0.3) is 0 Å². The zero-order valence-corrected chi connectivity index (χ0v) is 38.6. The minimum absolute atomic E-state index is 0.0585. The molecule has 0 saturated carbocycles. The van der Waals surface area contributed by atoms with Gasteiger partial charge < -0.3 is 14.9 Å². The normalized spacial score (nSPS) is 12.1. The lowest BCUT2D eigenvalue weighted by Gasteiger charge is -2.14. The molecule has 336 valence electrons. The number of fused-ring (bicyclic) bond motifs is 10. The molecule has 0 spiro atoms. The summed E-state index contributed by atoms with van der Waals surface area (Å²) in [6, 6.07) is 82.1. The lowest BCUT2D eigenvalue weighted by atomic mass is 9.95. The number of anilines is 1. The molecule has 7 nitrogen and oxygen atoms in total. The second-order valence-corrected chi connectivity index (χ2v) is 17.9. The summed E-state index contributed by atoms with van der Waals surface area (Å²) in [5.74, 6) is 0.491. The summed E-state index contributed by atoms with van der Waals surface area (Å²) in [6.45, 7) is 0. The van der Waals surface area contributed by atoms with Crippen LogP contribution in [0, 0.1) is 5.41 Å². The lowest BCUT2D eigenvalue weighted by molar-refractivity contribution is 1.15. The van der Waals surface area contributed by atoms with Gasteiger partial charge in [-0.3, -0.25) is 9.98 Å². The fourth-order valence-corrected chi connectivity index (χ4v) is 10.7. The number of hydrogen-bond donors (Lipinski definition) is 2. The third-order valence-electron chi connectivity index (χ3n) is 13.9. The van der Waals surface area contributed by atoms with E-state index in [0.717, 1.165) is 110 Å². The van der Waals surface area contributed by atoms with E-state index in [4.69, 9.17) is 15.7 Å². The van der Waals surface area contributed by atoms with Crippen LogP contribution in [-0.4, -0.2) is 31.7 Å². The molecule has 0 saturated heterocycles. The Hall–Kier alpha value is -9.59. The van der Waals surface area contributed by atoms with Gasteiger partial charge in [-0.1, -0.05) is 194 Å². The molecule has 3 aromatic heterocycles. The lowest BCUT2D eigenvalue weighted by Crippen LogP contribution is -2.12. The summed E-state index contributed by atoms with van der Waals surface area (Å²) in [6.07, 6.45) is 2.42. The maximum atomic E-state index is 10.1. The second kappa shape index (κ2) is 17.2. The van der Waals surface area contributed by atoms with Gasteiger partial charge in [-0.25, -0.2) is 4.99 Å². The first-order valence-electron chi connectivity index (χ1n) is 23.9. The number of aliphatic imine (C=N–C) groups is 2. The zero-order chi connectivity index (χ0) is 47.4. The van der Waals surface area contributed by atoms with Crippen molar-refractivity contribution in [2.45, 2.75) is 6.42 Å². The number of hydrogen-bond acceptors (Lipinski definition) is 2. The Morgan fingerprint density at radius 2 is 0.901 bits per heavy atom. The highest BCUT2D eigenvalue weighted by Gasteiger charge is 2.23. The number of rotatable bonds is 7. The van der Waals surface area contributed by atoms with Crippen LogP contribution >= 0.6 is 0 Å². The number of nitrogens with two attached hydrogens (primary N) is 1. The molecule has 10 aromatic carbocycles. The topological polar surface area (TPSA) is 89.4 Å². The summed E-state index contributed by atoms with van der Waals surface area (Å²) >= 11 is 0. The molecule has 0 radical (unpaired) electrons. The summed E-state index contributed by atoms with van der Waals surface area (Å²) < 4.78 is 6.60. The van der Waals surface area contributed by atoms with Gasteiger partial charge in [-0.05, 0) is 64.7 Å². The molecule has 0 aliphatic rings. The maximum absolute atomic E-state index is 10.1. The van der Waals surface area contributed by atoms with Gasteiger partial charge in [0.05, 0.1) is 38.8 Å². The molecule has 0 amide bonds. The molecular weight excluding hydrogens is 867 g/mol. The van der Waals surface area contributed by atoms with Crippen LogP contribution < -0.4 is 5.73 Å². The fourth-order valence-electron chi connectivity index (χ4n) is 10.7. The van der Waals surface area contributed by atoms with E-state index in [9.17, 15) is 5.41 Å². The molecule has 0 aliphatic heterocycles. The van der Waals surface area contributed by atoms with Crippen LogP contribution in [-0.2, 0) is 6.42 Å². The van der Waals surface area contributed by atoms with Crippen molar-refractivity contribution >= 4 is 89.1 Å². The van der Waals surface area contributed by atoms with E-state index in [0.29, 0.717) is 17.9 Å². The van der Waals surface area contributed by atoms with Crippen LogP contribution in [0.4, 0.5) is 5.69 Å². The Morgan fingerprint density at radius 1 is 0.423 bits per heavy atom. The van der Waals surface area contributed by atoms with Crippen molar-refractivity contribution in [2.24, 2.45) is 9.98 Å². The second-order valence-electron chi connectivity index (χ2n) is 17.9. The smallest absolute Gasteiger partial charge is 0.229 e. The van der Waals surface area contributed by atoms with Crippen molar-refractivity contribution < 1.29 is 0 Å². The van der Waals surface area contributed by atoms with Crippen molar-refractivity contribution in [1.29, 1.82) is 5.41 Å². The van der Waals surface area contributed by atoms with Crippen LogP contribution in [0.3, 0.4) is 0 Å². The minimum Gasteiger partial charge on any atom is -0.397 e. The van der Waals surface area contributed by atoms with E-state index >= 15 is 0 Å². The Morgan fingerprint density at radius 3 is 1.55 bits per heavy atom. The third kappa shape index (κ3) is 6.93. The monoisotopic (exact) mass is 911 g/mol. The molecule has 0 bridgehead atoms. The van der Waals surface area contributed by atoms with Crippen molar-refractivity contribution in [2.75, 3.05) is 5.73 Å². The first kappa shape index (κ1) is 41.6. The highest BCUT2D eigenvalue weighted by atomic mass is 15.2. The van der Waals surface area contributed by atoms with Crippen LogP contribution in [0.15, 0.2) is 247 Å². The highest BCUT2D eigenvalue weighted by molar-refractivity contribution is 6.26. The number of para-hydroxylation sites is 5. The largest absolute Gasteiger partial charge is 0.397 e. The summed E-state index contributed by atoms with van der Waals surface area (Å²) in [4.78, 5) is 10.4. The molecule has 7 heteroatoms. The number of nitrogens with one attached hydrogen (secondary N) is 1. The van der Waals surface area contributed by atoms with Crippen LogP contribution in [0.1, 0.15) is 11.1 Å². The number of aromatic nitrogens is 3. The highest BCUT2D eigenvalue weighted by Crippen LogP contribution is 2.42. The number of amidine groups is 1. The SMILES string of the molecule is N=C(N=C(N=CCc1ccccc1-c1ccc2c3ccccc3n(-c3ccccc3)c2c1N)c1ccc(-c2ccccc2)cc1)n1c2ccccc2c2ccc3c4ccccc4n(-c4ccccc4)c3c21. The summed E-state index contributed by atoms with van der Waals surface area (Å²) in [5.41, 5.74) is 22.2. The molecule has 0 aliphatic carbocycles. The summed E-state index contributed by atoms with van der Waals surface area (Å²) in [5, 5.41) is 16.7. The quantitative estimate of drug-likeness (QED) is 0.0931. The van der Waals surface area contributed by atoms with Crippen molar-refractivity contribution in [3.8, 4) is 33.6 Å². The Kier molecular flexibility index (Phi) is 10.1. The Labute approximate surface area is 409 Å². The van der Waals surface area contributed by atoms with E-state index in [2.05, 4.69) is 209 Å². The first-order chi connectivity index (χ1) is 35.1. The number of nitrogens with zero attached hydrogens (tertiary/aromatic N) is 5. The van der Waals surface area contributed by atoms with E-state index < -0.39 is 0 Å². The molecular formula is C64H45N7. The van der Waals surface area contributed by atoms with Gasteiger partial charge in [0, 0.05) is 67.5 Å². The van der Waals surface area contributed by atoms with Gasteiger partial charge in [0.15, 0.2) is 5.84 Å². The molecule has 3 heterocycles.